The molecule has 0 bridgehead atoms. The van der Waals surface area contributed by atoms with Crippen molar-refractivity contribution in [3.05, 3.63) is 36.9 Å². The van der Waals surface area contributed by atoms with E-state index in [2.05, 4.69) is 6.58 Å². The zero-order valence-electron chi connectivity index (χ0n) is 10.9. The van der Waals surface area contributed by atoms with E-state index < -0.39 is 10.5 Å². The van der Waals surface area contributed by atoms with Gasteiger partial charge in [-0.1, -0.05) is 30.0 Å². The van der Waals surface area contributed by atoms with Crippen molar-refractivity contribution in [3.63, 3.8) is 0 Å². The van der Waals surface area contributed by atoms with Gasteiger partial charge in [0.25, 0.3) is 5.91 Å². The van der Waals surface area contributed by atoms with Crippen LogP contribution in [0.5, 0.6) is 0 Å². The highest BCUT2D eigenvalue weighted by molar-refractivity contribution is 8.01. The maximum atomic E-state index is 12.6. The monoisotopic (exact) mass is 277 g/mol. The highest BCUT2D eigenvalue weighted by Crippen LogP contribution is 2.53. The minimum Gasteiger partial charge on any atom is -0.311 e. The number of hydrogen-bond acceptors (Lipinski definition) is 4. The van der Waals surface area contributed by atoms with Crippen LogP contribution in [-0.2, 0) is 14.6 Å². The van der Waals surface area contributed by atoms with Crippen LogP contribution in [0.1, 0.15) is 13.3 Å². The molecule has 2 atom stereocenters. The van der Waals surface area contributed by atoms with Crippen molar-refractivity contribution in [2.24, 2.45) is 0 Å². The van der Waals surface area contributed by atoms with Crippen LogP contribution in [0.4, 0.5) is 5.69 Å². The number of thioether (sulfide) groups is 1. The maximum Gasteiger partial charge on any atom is 0.273 e. The number of benzene rings is 1. The number of hydrogen-bond donors (Lipinski definition) is 0. The number of anilines is 1. The van der Waals surface area contributed by atoms with E-state index in [-0.39, 0.29) is 5.91 Å². The molecule has 0 saturated carbocycles. The molecule has 2 unspecified atom stereocenters. The number of fused-ring (bicyclic) bond motifs is 1. The lowest BCUT2D eigenvalue weighted by Crippen LogP contribution is -2.48. The van der Waals surface area contributed by atoms with Gasteiger partial charge in [-0.25, -0.2) is 9.78 Å². The fourth-order valence-corrected chi connectivity index (χ4v) is 3.82. The highest BCUT2D eigenvalue weighted by atomic mass is 32.2. The third kappa shape index (κ3) is 1.81. The van der Waals surface area contributed by atoms with Gasteiger partial charge in [0.15, 0.2) is 0 Å². The molecular weight excluding hydrogens is 262 g/mol. The summed E-state index contributed by atoms with van der Waals surface area (Å²) < 4.78 is 0. The van der Waals surface area contributed by atoms with Crippen LogP contribution in [0.15, 0.2) is 41.8 Å². The Hall–Kier alpha value is -1.30. The molecule has 0 aromatic heterocycles. The molecule has 0 N–H and O–H groups in total. The third-order valence-electron chi connectivity index (χ3n) is 3.51. The van der Waals surface area contributed by atoms with E-state index in [9.17, 15) is 4.79 Å². The lowest BCUT2D eigenvalue weighted by atomic mass is 9.98. The quantitative estimate of drug-likeness (QED) is 0.584. The normalized spacial score (nSPS) is 33.6. The molecule has 1 saturated heterocycles. The van der Waals surface area contributed by atoms with E-state index in [1.54, 1.807) is 18.0 Å². The third-order valence-corrected chi connectivity index (χ3v) is 4.80. The Morgan fingerprint density at radius 1 is 1.42 bits per heavy atom. The number of rotatable bonds is 1. The number of carbonyl (C=O) groups excluding carboxylic acids is 1. The Kier molecular flexibility index (Phi) is 2.74. The second-order valence-corrected chi connectivity index (χ2v) is 6.35. The predicted octanol–water partition coefficient (Wildman–Crippen LogP) is 2.75. The largest absolute Gasteiger partial charge is 0.311 e. The average Bonchev–Trinajstić information content (AvgIpc) is 2.76. The molecule has 2 heterocycles. The molecule has 100 valence electrons. The summed E-state index contributed by atoms with van der Waals surface area (Å²) in [5.74, 6) is -0.0956. The summed E-state index contributed by atoms with van der Waals surface area (Å²) in [4.78, 5) is 25.0. The Bertz CT molecular complexity index is 561. The predicted molar refractivity (Wildman–Crippen MR) is 73.8 cm³/mol. The molecular formula is C14H15NO3S. The van der Waals surface area contributed by atoms with Gasteiger partial charge in [0.2, 0.25) is 4.93 Å². The van der Waals surface area contributed by atoms with Gasteiger partial charge in [-0.3, -0.25) is 4.79 Å². The summed E-state index contributed by atoms with van der Waals surface area (Å²) >= 11 is 1.41. The Morgan fingerprint density at radius 2 is 2.16 bits per heavy atom. The molecule has 0 radical (unpaired) electrons. The van der Waals surface area contributed by atoms with E-state index >= 15 is 0 Å². The van der Waals surface area contributed by atoms with Gasteiger partial charge in [-0.2, -0.15) is 0 Å². The van der Waals surface area contributed by atoms with Crippen molar-refractivity contribution >= 4 is 23.4 Å². The van der Waals surface area contributed by atoms with Crippen LogP contribution < -0.4 is 4.90 Å². The Labute approximate surface area is 116 Å². The molecule has 1 amide bonds. The van der Waals surface area contributed by atoms with Crippen molar-refractivity contribution in [2.45, 2.75) is 28.8 Å². The standard InChI is InChI=1S/C14H15NO3S/c1-4-13(2)9-14(18-17-13)12(16)15(3)10-7-5-6-8-11(10)19-14/h4-8H,1,9H2,2-3H3. The summed E-state index contributed by atoms with van der Waals surface area (Å²) in [6.07, 6.45) is 2.13. The first kappa shape index (κ1) is 12.7. The number of para-hydroxylation sites is 1. The van der Waals surface area contributed by atoms with Gasteiger partial charge in [0.05, 0.1) is 5.69 Å². The summed E-state index contributed by atoms with van der Waals surface area (Å²) in [5.41, 5.74) is 0.273. The highest BCUT2D eigenvalue weighted by Gasteiger charge is 2.57. The topological polar surface area (TPSA) is 38.8 Å². The minimum absolute atomic E-state index is 0.0956. The van der Waals surface area contributed by atoms with Crippen LogP contribution in [-0.4, -0.2) is 23.5 Å². The molecule has 1 aromatic carbocycles. The second kappa shape index (κ2) is 4.10. The zero-order valence-corrected chi connectivity index (χ0v) is 11.7. The van der Waals surface area contributed by atoms with E-state index in [1.807, 2.05) is 31.2 Å². The van der Waals surface area contributed by atoms with E-state index in [4.69, 9.17) is 9.78 Å². The summed E-state index contributed by atoms with van der Waals surface area (Å²) in [6, 6.07) is 7.78. The summed E-state index contributed by atoms with van der Waals surface area (Å²) in [6.45, 7) is 5.61. The molecule has 1 spiro atoms. The van der Waals surface area contributed by atoms with Crippen molar-refractivity contribution in [1.82, 2.24) is 0 Å². The summed E-state index contributed by atoms with van der Waals surface area (Å²) in [7, 11) is 1.76. The number of amides is 1. The van der Waals surface area contributed by atoms with Gasteiger partial charge in [0, 0.05) is 18.4 Å². The van der Waals surface area contributed by atoms with Crippen molar-refractivity contribution in [1.29, 1.82) is 0 Å². The smallest absolute Gasteiger partial charge is 0.273 e. The van der Waals surface area contributed by atoms with E-state index in [1.165, 1.54) is 11.8 Å². The lowest BCUT2D eigenvalue weighted by Gasteiger charge is -2.35. The Balaban J connectivity index is 2.03. The number of nitrogens with zero attached hydrogens (tertiary/aromatic N) is 1. The number of likely N-dealkylation sites (N-methyl/N-ethyl adjacent to an activating group) is 1. The fourth-order valence-electron chi connectivity index (χ4n) is 2.36. The van der Waals surface area contributed by atoms with Crippen molar-refractivity contribution < 1.29 is 14.6 Å². The first-order valence-corrected chi connectivity index (χ1v) is 6.88. The SMILES string of the molecule is C=CC1(C)CC2(OO1)Sc1ccccc1N(C)C2=O. The average molecular weight is 277 g/mol. The first-order chi connectivity index (χ1) is 9.00. The van der Waals surface area contributed by atoms with E-state index in [0.717, 1.165) is 10.6 Å². The van der Waals surface area contributed by atoms with Gasteiger partial charge in [0.1, 0.15) is 5.60 Å². The molecule has 2 aliphatic heterocycles. The lowest BCUT2D eigenvalue weighted by molar-refractivity contribution is -0.313. The summed E-state index contributed by atoms with van der Waals surface area (Å²) in [5, 5.41) is 0. The van der Waals surface area contributed by atoms with Crippen LogP contribution in [0.2, 0.25) is 0 Å². The molecule has 1 aromatic rings. The van der Waals surface area contributed by atoms with Crippen molar-refractivity contribution in [3.8, 4) is 0 Å². The first-order valence-electron chi connectivity index (χ1n) is 6.06. The molecule has 0 aliphatic carbocycles. The zero-order chi connectivity index (χ0) is 13.7. The van der Waals surface area contributed by atoms with Gasteiger partial charge >= 0.3 is 0 Å². The van der Waals surface area contributed by atoms with E-state index in [0.29, 0.717) is 6.42 Å². The van der Waals surface area contributed by atoms with Crippen LogP contribution in [0.3, 0.4) is 0 Å². The molecule has 4 nitrogen and oxygen atoms in total. The minimum atomic E-state index is -1.01. The molecule has 19 heavy (non-hydrogen) atoms. The fraction of sp³-hybridized carbons (Fsp3) is 0.357. The van der Waals surface area contributed by atoms with Gasteiger partial charge in [-0.05, 0) is 19.1 Å². The second-order valence-electron chi connectivity index (χ2n) is 5.05. The van der Waals surface area contributed by atoms with Gasteiger partial charge < -0.3 is 4.90 Å². The van der Waals surface area contributed by atoms with Crippen LogP contribution in [0, 0.1) is 0 Å². The van der Waals surface area contributed by atoms with Crippen molar-refractivity contribution in [2.75, 3.05) is 11.9 Å². The molecule has 1 fully saturated rings. The van der Waals surface area contributed by atoms with Crippen LogP contribution >= 0.6 is 11.8 Å². The molecule has 2 aliphatic rings. The molecule has 3 rings (SSSR count). The molecule has 5 heteroatoms. The number of carbonyl (C=O) groups is 1. The van der Waals surface area contributed by atoms with Gasteiger partial charge in [-0.15, -0.1) is 6.58 Å². The Morgan fingerprint density at radius 3 is 2.84 bits per heavy atom. The maximum absolute atomic E-state index is 12.6. The van der Waals surface area contributed by atoms with Crippen LogP contribution in [0.25, 0.3) is 0 Å².